The van der Waals surface area contributed by atoms with Crippen LogP contribution in [0.4, 0.5) is 0 Å². The molecule has 1 aliphatic heterocycles. The molecule has 0 aromatic carbocycles. The molecule has 0 bridgehead atoms. The van der Waals surface area contributed by atoms with Crippen molar-refractivity contribution in [1.82, 2.24) is 10.2 Å². The molecule has 0 spiro atoms. The molecule has 1 rings (SSSR count). The number of carbonyl (C=O) groups excluding carboxylic acids is 2. The number of hydrogen-bond donors (Lipinski definition) is 2. The van der Waals surface area contributed by atoms with E-state index in [-0.39, 0.29) is 18.4 Å². The van der Waals surface area contributed by atoms with Gasteiger partial charge in [-0.1, -0.05) is 0 Å². The maximum atomic E-state index is 11.8. The van der Waals surface area contributed by atoms with Crippen LogP contribution in [0.3, 0.4) is 0 Å². The lowest BCUT2D eigenvalue weighted by molar-refractivity contribution is -0.148. The summed E-state index contributed by atoms with van der Waals surface area (Å²) in [6.07, 6.45) is 1.04. The van der Waals surface area contributed by atoms with E-state index in [1.165, 1.54) is 0 Å². The van der Waals surface area contributed by atoms with Crippen molar-refractivity contribution in [2.45, 2.75) is 18.9 Å². The average Bonchev–Trinajstić information content (AvgIpc) is 2.35. The van der Waals surface area contributed by atoms with Crippen LogP contribution >= 0.6 is 0 Å². The van der Waals surface area contributed by atoms with Gasteiger partial charge in [0.25, 0.3) is 0 Å². The minimum Gasteiger partial charge on any atom is -0.377 e. The van der Waals surface area contributed by atoms with Gasteiger partial charge >= 0.3 is 0 Å². The Kier molecular flexibility index (Phi) is 5.21. The molecule has 0 aromatic heterocycles. The molecular formula is C10H19N3O3. The van der Waals surface area contributed by atoms with Crippen LogP contribution in [0.2, 0.25) is 0 Å². The summed E-state index contributed by atoms with van der Waals surface area (Å²) in [6.45, 7) is 1.72. The van der Waals surface area contributed by atoms with Gasteiger partial charge < -0.3 is 20.7 Å². The lowest BCUT2D eigenvalue weighted by Crippen LogP contribution is -2.55. The van der Waals surface area contributed by atoms with Crippen LogP contribution in [0.15, 0.2) is 0 Å². The molecule has 1 saturated heterocycles. The minimum atomic E-state index is -0.496. The Labute approximate surface area is 95.1 Å². The van der Waals surface area contributed by atoms with Gasteiger partial charge in [0.05, 0.1) is 13.2 Å². The maximum absolute atomic E-state index is 11.8. The van der Waals surface area contributed by atoms with Gasteiger partial charge in [-0.2, -0.15) is 0 Å². The molecule has 0 radical (unpaired) electrons. The first-order valence-electron chi connectivity index (χ1n) is 5.49. The molecule has 1 fully saturated rings. The Balaban J connectivity index is 2.59. The molecule has 2 amide bonds. The predicted molar refractivity (Wildman–Crippen MR) is 58.7 cm³/mol. The van der Waals surface area contributed by atoms with Gasteiger partial charge in [0.1, 0.15) is 6.04 Å². The monoisotopic (exact) mass is 229 g/mol. The summed E-state index contributed by atoms with van der Waals surface area (Å²) >= 11 is 0. The van der Waals surface area contributed by atoms with Crippen LogP contribution in [0.25, 0.3) is 0 Å². The SMILES string of the molecule is CNC(=O)C1COCCN1C(=O)CCCN. The molecule has 6 heteroatoms. The number of hydrogen-bond acceptors (Lipinski definition) is 4. The Hall–Kier alpha value is -1.14. The highest BCUT2D eigenvalue weighted by Gasteiger charge is 2.31. The zero-order chi connectivity index (χ0) is 12.0. The molecule has 0 aromatic rings. The van der Waals surface area contributed by atoms with E-state index in [4.69, 9.17) is 10.5 Å². The topological polar surface area (TPSA) is 84.7 Å². The third-order valence-electron chi connectivity index (χ3n) is 2.59. The van der Waals surface area contributed by atoms with Crippen LogP contribution in [-0.4, -0.2) is 56.1 Å². The van der Waals surface area contributed by atoms with Gasteiger partial charge in [0.15, 0.2) is 0 Å². The first kappa shape index (κ1) is 12.9. The smallest absolute Gasteiger partial charge is 0.244 e. The summed E-state index contributed by atoms with van der Waals surface area (Å²) in [5.74, 6) is -0.205. The average molecular weight is 229 g/mol. The Morgan fingerprint density at radius 2 is 2.31 bits per heavy atom. The van der Waals surface area contributed by atoms with Crippen molar-refractivity contribution >= 4 is 11.8 Å². The molecule has 6 nitrogen and oxygen atoms in total. The summed E-state index contributed by atoms with van der Waals surface area (Å²) in [5.41, 5.74) is 5.35. The van der Waals surface area contributed by atoms with Gasteiger partial charge in [-0.25, -0.2) is 0 Å². The fraction of sp³-hybridized carbons (Fsp3) is 0.800. The number of morpholine rings is 1. The van der Waals surface area contributed by atoms with E-state index < -0.39 is 6.04 Å². The van der Waals surface area contributed by atoms with E-state index in [9.17, 15) is 9.59 Å². The number of nitrogens with one attached hydrogen (secondary N) is 1. The van der Waals surface area contributed by atoms with Crippen molar-refractivity contribution in [1.29, 1.82) is 0 Å². The number of nitrogens with zero attached hydrogens (tertiary/aromatic N) is 1. The largest absolute Gasteiger partial charge is 0.377 e. The van der Waals surface area contributed by atoms with Gasteiger partial charge in [0.2, 0.25) is 11.8 Å². The van der Waals surface area contributed by atoms with Crippen LogP contribution in [0.1, 0.15) is 12.8 Å². The van der Waals surface area contributed by atoms with Crippen molar-refractivity contribution in [3.8, 4) is 0 Å². The van der Waals surface area contributed by atoms with E-state index in [0.717, 1.165) is 0 Å². The molecule has 1 atom stereocenters. The lowest BCUT2D eigenvalue weighted by Gasteiger charge is -2.34. The van der Waals surface area contributed by atoms with Crippen molar-refractivity contribution in [2.24, 2.45) is 5.73 Å². The first-order valence-corrected chi connectivity index (χ1v) is 5.49. The zero-order valence-electron chi connectivity index (χ0n) is 9.57. The first-order chi connectivity index (χ1) is 7.70. The molecule has 3 N–H and O–H groups in total. The van der Waals surface area contributed by atoms with Gasteiger partial charge in [-0.3, -0.25) is 9.59 Å². The lowest BCUT2D eigenvalue weighted by atomic mass is 10.1. The second-order valence-electron chi connectivity index (χ2n) is 3.68. The summed E-state index contributed by atoms with van der Waals surface area (Å²) in [5, 5.41) is 2.54. The molecule has 1 aliphatic rings. The van der Waals surface area contributed by atoms with Gasteiger partial charge in [0, 0.05) is 20.0 Å². The standard InChI is InChI=1S/C10H19N3O3/c1-12-10(15)8-7-16-6-5-13(8)9(14)3-2-4-11/h8H,2-7,11H2,1H3,(H,12,15). The minimum absolute atomic E-state index is 0.0256. The summed E-state index contributed by atoms with van der Waals surface area (Å²) in [6, 6.07) is -0.496. The molecule has 16 heavy (non-hydrogen) atoms. The van der Waals surface area contributed by atoms with E-state index in [1.54, 1.807) is 11.9 Å². The molecular weight excluding hydrogens is 210 g/mol. The fourth-order valence-electron chi connectivity index (χ4n) is 1.68. The highest BCUT2D eigenvalue weighted by atomic mass is 16.5. The van der Waals surface area contributed by atoms with Crippen molar-refractivity contribution in [2.75, 3.05) is 33.4 Å². The van der Waals surface area contributed by atoms with Gasteiger partial charge in [-0.05, 0) is 13.0 Å². The second kappa shape index (κ2) is 6.44. The van der Waals surface area contributed by atoms with E-state index in [0.29, 0.717) is 32.5 Å². The van der Waals surface area contributed by atoms with Crippen molar-refractivity contribution in [3.63, 3.8) is 0 Å². The van der Waals surface area contributed by atoms with Crippen LogP contribution in [-0.2, 0) is 14.3 Å². The molecule has 92 valence electrons. The fourth-order valence-corrected chi connectivity index (χ4v) is 1.68. The summed E-state index contributed by atoms with van der Waals surface area (Å²) < 4.78 is 5.21. The Morgan fingerprint density at radius 1 is 1.56 bits per heavy atom. The molecule has 1 unspecified atom stereocenters. The van der Waals surface area contributed by atoms with Crippen LogP contribution < -0.4 is 11.1 Å². The van der Waals surface area contributed by atoms with Crippen LogP contribution in [0, 0.1) is 0 Å². The number of ether oxygens (including phenoxy) is 1. The molecule has 1 heterocycles. The third-order valence-corrected chi connectivity index (χ3v) is 2.59. The number of rotatable bonds is 4. The zero-order valence-corrected chi connectivity index (χ0v) is 9.57. The molecule has 0 saturated carbocycles. The second-order valence-corrected chi connectivity index (χ2v) is 3.68. The Morgan fingerprint density at radius 3 is 2.94 bits per heavy atom. The molecule has 0 aliphatic carbocycles. The highest BCUT2D eigenvalue weighted by Crippen LogP contribution is 2.09. The normalized spacial score (nSPS) is 20.6. The van der Waals surface area contributed by atoms with E-state index in [1.807, 2.05) is 0 Å². The van der Waals surface area contributed by atoms with E-state index in [2.05, 4.69) is 5.32 Å². The van der Waals surface area contributed by atoms with Crippen LogP contribution in [0.5, 0.6) is 0 Å². The number of amides is 2. The number of nitrogens with two attached hydrogens (primary N) is 1. The number of likely N-dealkylation sites (N-methyl/N-ethyl adjacent to an activating group) is 1. The third kappa shape index (κ3) is 3.18. The van der Waals surface area contributed by atoms with E-state index >= 15 is 0 Å². The summed E-state index contributed by atoms with van der Waals surface area (Å²) in [7, 11) is 1.56. The van der Waals surface area contributed by atoms with Gasteiger partial charge in [-0.15, -0.1) is 0 Å². The summed E-state index contributed by atoms with van der Waals surface area (Å²) in [4.78, 5) is 24.9. The van der Waals surface area contributed by atoms with Crippen molar-refractivity contribution < 1.29 is 14.3 Å². The van der Waals surface area contributed by atoms with Crippen molar-refractivity contribution in [3.05, 3.63) is 0 Å². The Bertz CT molecular complexity index is 258. The predicted octanol–water partition coefficient (Wildman–Crippen LogP) is -1.30. The quantitative estimate of drug-likeness (QED) is 0.627. The maximum Gasteiger partial charge on any atom is 0.244 e. The number of carbonyl (C=O) groups is 2. The highest BCUT2D eigenvalue weighted by molar-refractivity contribution is 5.87.